The lowest BCUT2D eigenvalue weighted by atomic mass is 10.1. The number of halogens is 2. The maximum absolute atomic E-state index is 13.3. The Morgan fingerprint density at radius 2 is 1.65 bits per heavy atom. The number of carbonyl (C=O) groups is 1. The number of alkyl halides is 2. The number of rotatable bonds is 7. The molecule has 1 amide bonds. The third-order valence-electron chi connectivity index (χ3n) is 5.85. The van der Waals surface area contributed by atoms with Gasteiger partial charge in [0.2, 0.25) is 10.0 Å². The summed E-state index contributed by atoms with van der Waals surface area (Å²) in [7, 11) is -3.73. The zero-order chi connectivity index (χ0) is 24.1. The van der Waals surface area contributed by atoms with Crippen molar-refractivity contribution in [3.63, 3.8) is 0 Å². The molecule has 2 aliphatic rings. The number of amides is 1. The van der Waals surface area contributed by atoms with Crippen LogP contribution in [0.4, 0.5) is 20.2 Å². The van der Waals surface area contributed by atoms with Gasteiger partial charge < -0.3 is 19.7 Å². The van der Waals surface area contributed by atoms with Gasteiger partial charge in [-0.05, 0) is 55.3 Å². The van der Waals surface area contributed by atoms with E-state index in [-0.39, 0.29) is 16.2 Å². The summed E-state index contributed by atoms with van der Waals surface area (Å²) in [6, 6.07) is 10.2. The highest BCUT2D eigenvalue weighted by atomic mass is 32.2. The summed E-state index contributed by atoms with van der Waals surface area (Å²) in [6.45, 7) is 0.114. The van der Waals surface area contributed by atoms with Gasteiger partial charge in [0, 0.05) is 37.6 Å². The molecule has 0 radical (unpaired) electrons. The molecule has 0 saturated carbocycles. The van der Waals surface area contributed by atoms with Gasteiger partial charge in [0.15, 0.2) is 0 Å². The molecule has 0 unspecified atom stereocenters. The van der Waals surface area contributed by atoms with Crippen molar-refractivity contribution in [3.8, 4) is 5.75 Å². The lowest BCUT2D eigenvalue weighted by Crippen LogP contribution is -2.38. The van der Waals surface area contributed by atoms with Crippen LogP contribution >= 0.6 is 0 Å². The average Bonchev–Trinajstić information content (AvgIpc) is 2.85. The third kappa shape index (κ3) is 5.65. The van der Waals surface area contributed by atoms with Crippen molar-refractivity contribution in [1.82, 2.24) is 4.31 Å². The van der Waals surface area contributed by atoms with E-state index in [1.54, 1.807) is 12.1 Å². The van der Waals surface area contributed by atoms with Crippen LogP contribution in [0.3, 0.4) is 0 Å². The summed E-state index contributed by atoms with van der Waals surface area (Å²) in [5, 5.41) is 2.73. The fourth-order valence-electron chi connectivity index (χ4n) is 4.11. The smallest absolute Gasteiger partial charge is 0.387 e. The lowest BCUT2D eigenvalue weighted by molar-refractivity contribution is -0.0498. The molecule has 0 aromatic heterocycles. The fraction of sp³-hybridized carbons (Fsp3) is 0.435. The van der Waals surface area contributed by atoms with Crippen LogP contribution in [0.15, 0.2) is 47.4 Å². The zero-order valence-corrected chi connectivity index (χ0v) is 19.4. The van der Waals surface area contributed by atoms with E-state index < -0.39 is 22.5 Å². The number of anilines is 2. The molecule has 2 heterocycles. The van der Waals surface area contributed by atoms with Crippen LogP contribution in [0.1, 0.15) is 29.6 Å². The number of nitrogens with one attached hydrogen (secondary N) is 1. The number of hydrogen-bond acceptors (Lipinski definition) is 6. The van der Waals surface area contributed by atoms with Gasteiger partial charge in [-0.1, -0.05) is 6.42 Å². The predicted molar refractivity (Wildman–Crippen MR) is 123 cm³/mol. The van der Waals surface area contributed by atoms with Crippen LogP contribution in [-0.4, -0.2) is 64.6 Å². The first-order chi connectivity index (χ1) is 16.3. The Morgan fingerprint density at radius 3 is 2.29 bits per heavy atom. The predicted octanol–water partition coefficient (Wildman–Crippen LogP) is 3.55. The first kappa shape index (κ1) is 24.4. The zero-order valence-electron chi connectivity index (χ0n) is 18.6. The number of carbonyl (C=O) groups excluding carboxylic acids is 1. The molecule has 2 saturated heterocycles. The first-order valence-corrected chi connectivity index (χ1v) is 12.6. The van der Waals surface area contributed by atoms with E-state index in [1.165, 1.54) is 34.6 Å². The number of piperidine rings is 1. The van der Waals surface area contributed by atoms with Crippen molar-refractivity contribution in [3.05, 3.63) is 48.0 Å². The minimum Gasteiger partial charge on any atom is -0.435 e. The quantitative estimate of drug-likeness (QED) is 0.632. The normalized spacial score (nSPS) is 17.6. The van der Waals surface area contributed by atoms with Gasteiger partial charge in [-0.25, -0.2) is 8.42 Å². The largest absolute Gasteiger partial charge is 0.435 e. The maximum Gasteiger partial charge on any atom is 0.387 e. The summed E-state index contributed by atoms with van der Waals surface area (Å²) in [5.74, 6) is -0.531. The number of hydrogen-bond donors (Lipinski definition) is 1. The Morgan fingerprint density at radius 1 is 0.971 bits per heavy atom. The molecule has 2 aromatic carbocycles. The number of morpholine rings is 1. The minimum atomic E-state index is -3.73. The van der Waals surface area contributed by atoms with Crippen LogP contribution in [0.2, 0.25) is 0 Å². The minimum absolute atomic E-state index is 0.0309. The number of nitrogens with zero attached hydrogens (tertiary/aromatic N) is 2. The Balaban J connectivity index is 1.63. The van der Waals surface area contributed by atoms with Gasteiger partial charge in [-0.3, -0.25) is 4.79 Å². The van der Waals surface area contributed by atoms with E-state index in [9.17, 15) is 22.0 Å². The summed E-state index contributed by atoms with van der Waals surface area (Å²) in [5.41, 5.74) is 1.19. The van der Waals surface area contributed by atoms with Crippen molar-refractivity contribution in [2.24, 2.45) is 0 Å². The van der Waals surface area contributed by atoms with Crippen molar-refractivity contribution in [2.75, 3.05) is 49.6 Å². The summed E-state index contributed by atoms with van der Waals surface area (Å²) >= 11 is 0. The third-order valence-corrected chi connectivity index (χ3v) is 7.75. The molecule has 1 N–H and O–H groups in total. The van der Waals surface area contributed by atoms with Crippen LogP contribution in [0, 0.1) is 0 Å². The van der Waals surface area contributed by atoms with Crippen LogP contribution < -0.4 is 15.0 Å². The molecule has 34 heavy (non-hydrogen) atoms. The molecule has 8 nitrogen and oxygen atoms in total. The Kier molecular flexibility index (Phi) is 7.64. The molecule has 0 spiro atoms. The van der Waals surface area contributed by atoms with Crippen molar-refractivity contribution < 1.29 is 31.5 Å². The number of sulfonamides is 1. The molecule has 4 rings (SSSR count). The Bertz CT molecular complexity index is 1100. The molecular weight excluding hydrogens is 468 g/mol. The van der Waals surface area contributed by atoms with E-state index >= 15 is 0 Å². The topological polar surface area (TPSA) is 88.2 Å². The number of benzene rings is 2. The second-order valence-electron chi connectivity index (χ2n) is 8.10. The monoisotopic (exact) mass is 495 g/mol. The van der Waals surface area contributed by atoms with E-state index in [0.29, 0.717) is 50.8 Å². The van der Waals surface area contributed by atoms with Gasteiger partial charge in [0.1, 0.15) is 5.75 Å². The van der Waals surface area contributed by atoms with Crippen molar-refractivity contribution in [2.45, 2.75) is 30.8 Å². The maximum atomic E-state index is 13.3. The molecule has 0 aliphatic carbocycles. The molecule has 2 fully saturated rings. The van der Waals surface area contributed by atoms with Crippen molar-refractivity contribution in [1.29, 1.82) is 0 Å². The second-order valence-corrected chi connectivity index (χ2v) is 10.0. The molecule has 0 atom stereocenters. The summed E-state index contributed by atoms with van der Waals surface area (Å²) in [4.78, 5) is 15.3. The number of ether oxygens (including phenoxy) is 2. The highest BCUT2D eigenvalue weighted by Crippen LogP contribution is 2.29. The first-order valence-electron chi connectivity index (χ1n) is 11.2. The second kappa shape index (κ2) is 10.7. The fourth-order valence-corrected chi connectivity index (χ4v) is 5.65. The van der Waals surface area contributed by atoms with Gasteiger partial charge in [-0.15, -0.1) is 0 Å². The summed E-state index contributed by atoms with van der Waals surface area (Å²) in [6.07, 6.45) is 2.62. The Hall–Kier alpha value is -2.76. The van der Waals surface area contributed by atoms with Crippen LogP contribution in [0.25, 0.3) is 0 Å². The average molecular weight is 496 g/mol. The highest BCUT2D eigenvalue weighted by Gasteiger charge is 2.28. The summed E-state index contributed by atoms with van der Waals surface area (Å²) < 4.78 is 62.4. The van der Waals surface area contributed by atoms with E-state index in [1.807, 2.05) is 4.90 Å². The van der Waals surface area contributed by atoms with Gasteiger partial charge in [0.05, 0.1) is 23.7 Å². The van der Waals surface area contributed by atoms with Gasteiger partial charge >= 0.3 is 6.61 Å². The van der Waals surface area contributed by atoms with Gasteiger partial charge in [0.25, 0.3) is 5.91 Å². The van der Waals surface area contributed by atoms with E-state index in [4.69, 9.17) is 4.74 Å². The highest BCUT2D eigenvalue weighted by molar-refractivity contribution is 7.89. The Labute approximate surface area is 197 Å². The molecule has 2 aliphatic heterocycles. The lowest BCUT2D eigenvalue weighted by Gasteiger charge is -2.31. The molecule has 184 valence electrons. The molecule has 0 bridgehead atoms. The molecule has 2 aromatic rings. The van der Waals surface area contributed by atoms with Gasteiger partial charge in [-0.2, -0.15) is 13.1 Å². The van der Waals surface area contributed by atoms with Crippen LogP contribution in [-0.2, 0) is 14.8 Å². The molecule has 11 heteroatoms. The van der Waals surface area contributed by atoms with Crippen LogP contribution in [0.5, 0.6) is 5.75 Å². The standard InChI is InChI=1S/C23H27F2N3O5S/c24-23(25)33-18-6-4-17(5-7-18)26-22(29)20-16-19(34(30,31)28-10-2-1-3-11-28)8-9-21(20)27-12-14-32-15-13-27/h4-9,16,23H,1-3,10-15H2,(H,26,29). The molecular formula is C23H27F2N3O5S. The SMILES string of the molecule is O=C(Nc1ccc(OC(F)F)cc1)c1cc(S(=O)(=O)N2CCCCC2)ccc1N1CCOCC1. The van der Waals surface area contributed by atoms with E-state index in [2.05, 4.69) is 10.1 Å². The van der Waals surface area contributed by atoms with E-state index in [0.717, 1.165) is 19.3 Å². The van der Waals surface area contributed by atoms with Crippen molar-refractivity contribution >= 4 is 27.3 Å².